The zero-order chi connectivity index (χ0) is 34.2. The molecule has 2 atom stereocenters. The summed E-state index contributed by atoms with van der Waals surface area (Å²) in [4.78, 5) is 51.7. The molecule has 0 radical (unpaired) electrons. The summed E-state index contributed by atoms with van der Waals surface area (Å²) in [6.45, 7) is 1.09. The average Bonchev–Trinajstić information content (AvgIpc) is 3.86. The fourth-order valence-corrected chi connectivity index (χ4v) is 6.71. The number of rotatable bonds is 8. The summed E-state index contributed by atoms with van der Waals surface area (Å²) in [5.41, 5.74) is 7.98. The summed E-state index contributed by atoms with van der Waals surface area (Å²) in [7, 11) is 0. The number of hydrogen-bond donors (Lipinski definition) is 2. The maximum absolute atomic E-state index is 15.6. The van der Waals surface area contributed by atoms with Crippen LogP contribution in [0, 0.1) is 5.82 Å². The first-order chi connectivity index (χ1) is 23.7. The second-order valence-corrected chi connectivity index (χ2v) is 12.5. The molecule has 0 spiro atoms. The number of alkyl halides is 1. The van der Waals surface area contributed by atoms with Crippen LogP contribution in [0.2, 0.25) is 5.02 Å². The fourth-order valence-electron chi connectivity index (χ4n) is 6.47. The number of aromatic nitrogens is 4. The van der Waals surface area contributed by atoms with E-state index in [0.29, 0.717) is 27.4 Å². The number of nitrogens with zero attached hydrogens (tertiary/aromatic N) is 6. The van der Waals surface area contributed by atoms with Gasteiger partial charge >= 0.3 is 0 Å². The molecule has 0 aliphatic carbocycles. The number of primary amides is 1. The number of nitrogens with two attached hydrogens (primary N) is 1. The van der Waals surface area contributed by atoms with Crippen LogP contribution in [0.5, 0.6) is 0 Å². The normalized spacial score (nSPS) is 17.2. The lowest BCUT2D eigenvalue weighted by Crippen LogP contribution is -2.44. The van der Waals surface area contributed by atoms with Crippen LogP contribution in [0.3, 0.4) is 0 Å². The molecular weight excluding hydrogens is 666 g/mol. The maximum Gasteiger partial charge on any atom is 0.269 e. The SMILES string of the molecule is C.NC(=O)c1nn(CC(=O)N2C[C@H](F)C[C@H]2C(=O)Nc2cccc(-c3ccccc3Cl)c2F)c2ccc(-c3cnc(N4CCCC4)nc3)cc12. The van der Waals surface area contributed by atoms with Crippen LogP contribution in [0.15, 0.2) is 73.1 Å². The molecule has 3 aromatic carbocycles. The van der Waals surface area contributed by atoms with Gasteiger partial charge in [0.25, 0.3) is 5.91 Å². The Morgan fingerprint density at radius 2 is 1.68 bits per heavy atom. The van der Waals surface area contributed by atoms with Crippen molar-refractivity contribution in [3.63, 3.8) is 0 Å². The van der Waals surface area contributed by atoms with Crippen LogP contribution in [-0.4, -0.2) is 74.2 Å². The molecule has 0 unspecified atom stereocenters. The van der Waals surface area contributed by atoms with Gasteiger partial charge in [-0.05, 0) is 42.7 Å². The van der Waals surface area contributed by atoms with Gasteiger partial charge in [0, 0.05) is 59.0 Å². The predicted molar refractivity (Wildman–Crippen MR) is 188 cm³/mol. The van der Waals surface area contributed by atoms with Gasteiger partial charge in [0.2, 0.25) is 17.8 Å². The van der Waals surface area contributed by atoms with E-state index in [-0.39, 0.29) is 37.3 Å². The first-order valence-electron chi connectivity index (χ1n) is 15.8. The van der Waals surface area contributed by atoms with Crippen molar-refractivity contribution in [1.82, 2.24) is 24.6 Å². The Bertz CT molecular complexity index is 2080. The largest absolute Gasteiger partial charge is 0.364 e. The molecule has 50 heavy (non-hydrogen) atoms. The van der Waals surface area contributed by atoms with Crippen LogP contribution in [0.1, 0.15) is 37.2 Å². The number of fused-ring (bicyclic) bond motifs is 1. The quantitative estimate of drug-likeness (QED) is 0.207. The maximum atomic E-state index is 15.6. The highest BCUT2D eigenvalue weighted by atomic mass is 35.5. The lowest BCUT2D eigenvalue weighted by molar-refractivity contribution is -0.137. The summed E-state index contributed by atoms with van der Waals surface area (Å²) in [5.74, 6) is -2.20. The van der Waals surface area contributed by atoms with E-state index in [0.717, 1.165) is 42.0 Å². The Hall–Kier alpha value is -5.43. The van der Waals surface area contributed by atoms with Crippen molar-refractivity contribution in [2.75, 3.05) is 29.9 Å². The zero-order valence-electron chi connectivity index (χ0n) is 26.2. The number of carbonyl (C=O) groups excluding carboxylic acids is 3. The Balaban J connectivity index is 0.00000432. The van der Waals surface area contributed by atoms with E-state index in [2.05, 4.69) is 25.3 Å². The third kappa shape index (κ3) is 6.60. The van der Waals surface area contributed by atoms with Crippen molar-refractivity contribution in [2.45, 2.75) is 45.4 Å². The molecule has 2 fully saturated rings. The molecule has 2 aliphatic rings. The van der Waals surface area contributed by atoms with Crippen molar-refractivity contribution in [1.29, 1.82) is 0 Å². The smallest absolute Gasteiger partial charge is 0.269 e. The summed E-state index contributed by atoms with van der Waals surface area (Å²) in [5, 5.41) is 7.59. The second kappa shape index (κ2) is 14.2. The van der Waals surface area contributed by atoms with E-state index < -0.39 is 42.3 Å². The van der Waals surface area contributed by atoms with Gasteiger partial charge < -0.3 is 20.9 Å². The lowest BCUT2D eigenvalue weighted by atomic mass is 10.0. The van der Waals surface area contributed by atoms with Gasteiger partial charge in [0.05, 0.1) is 17.7 Å². The first kappa shape index (κ1) is 34.4. The zero-order valence-corrected chi connectivity index (χ0v) is 26.9. The lowest BCUT2D eigenvalue weighted by Gasteiger charge is -2.24. The van der Waals surface area contributed by atoms with Crippen LogP contribution in [0.25, 0.3) is 33.2 Å². The van der Waals surface area contributed by atoms with E-state index in [1.165, 1.54) is 16.8 Å². The summed E-state index contributed by atoms with van der Waals surface area (Å²) in [6, 6.07) is 15.2. The van der Waals surface area contributed by atoms with Crippen molar-refractivity contribution < 1.29 is 23.2 Å². The second-order valence-electron chi connectivity index (χ2n) is 12.1. The van der Waals surface area contributed by atoms with Gasteiger partial charge in [-0.1, -0.05) is 55.4 Å². The molecule has 5 aromatic rings. The molecule has 0 bridgehead atoms. The Kier molecular flexibility index (Phi) is 9.78. The molecule has 4 heterocycles. The van der Waals surface area contributed by atoms with Crippen LogP contribution < -0.4 is 16.0 Å². The number of nitrogens with one attached hydrogen (secondary N) is 1. The summed E-state index contributed by atoms with van der Waals surface area (Å²) < 4.78 is 31.6. The van der Waals surface area contributed by atoms with Gasteiger partial charge in [0.1, 0.15) is 18.8 Å². The third-order valence-corrected chi connectivity index (χ3v) is 9.25. The van der Waals surface area contributed by atoms with Crippen LogP contribution in [-0.2, 0) is 16.1 Å². The standard InChI is InChI=1S/C35H31ClF2N8O3.CH4/c36-26-8-2-1-6-23(26)24-7-5-9-27(31(24)38)42-34(49)29-15-22(37)18-45(29)30(47)19-46-28-11-10-20(14-25(28)32(43-46)33(39)48)21-16-40-35(41-17-21)44-12-3-4-13-44;/h1-2,5-11,14,16-17,22,29H,3-4,12-13,15,18-19H2,(H2,39,48)(H,42,49);1H4/t22-,29+;/m1./s1. The molecule has 0 saturated carbocycles. The highest BCUT2D eigenvalue weighted by Crippen LogP contribution is 2.33. The van der Waals surface area contributed by atoms with Gasteiger partial charge in [-0.2, -0.15) is 5.10 Å². The molecule has 258 valence electrons. The average molecular weight is 701 g/mol. The highest BCUT2D eigenvalue weighted by molar-refractivity contribution is 6.33. The Labute approximate surface area is 292 Å². The van der Waals surface area contributed by atoms with Crippen molar-refractivity contribution in [2.24, 2.45) is 5.73 Å². The number of likely N-dealkylation sites (tertiary alicyclic amines) is 1. The number of benzene rings is 3. The Morgan fingerprint density at radius 3 is 2.40 bits per heavy atom. The monoisotopic (exact) mass is 700 g/mol. The topological polar surface area (TPSA) is 139 Å². The minimum atomic E-state index is -1.48. The van der Waals surface area contributed by atoms with E-state index in [1.807, 2.05) is 0 Å². The predicted octanol–water partition coefficient (Wildman–Crippen LogP) is 5.87. The highest BCUT2D eigenvalue weighted by Gasteiger charge is 2.40. The van der Waals surface area contributed by atoms with Crippen molar-refractivity contribution in [3.05, 3.63) is 89.6 Å². The van der Waals surface area contributed by atoms with Crippen LogP contribution >= 0.6 is 11.6 Å². The van der Waals surface area contributed by atoms with Gasteiger partial charge in [-0.25, -0.2) is 18.7 Å². The van der Waals surface area contributed by atoms with Gasteiger partial charge in [-0.15, -0.1) is 0 Å². The van der Waals surface area contributed by atoms with E-state index >= 15 is 4.39 Å². The molecule has 11 nitrogen and oxygen atoms in total. The number of hydrogen-bond acceptors (Lipinski definition) is 7. The molecule has 3 amide bonds. The van der Waals surface area contributed by atoms with Crippen molar-refractivity contribution in [3.8, 4) is 22.3 Å². The third-order valence-electron chi connectivity index (χ3n) is 8.92. The minimum absolute atomic E-state index is 0. The molecule has 2 aliphatic heterocycles. The van der Waals surface area contributed by atoms with E-state index in [4.69, 9.17) is 17.3 Å². The van der Waals surface area contributed by atoms with Gasteiger partial charge in [-0.3, -0.25) is 19.1 Å². The fraction of sp³-hybridized carbons (Fsp3) is 0.278. The molecule has 3 N–H and O–H groups in total. The number of anilines is 2. The van der Waals surface area contributed by atoms with E-state index in [1.54, 1.807) is 60.9 Å². The molecule has 2 saturated heterocycles. The number of halogens is 3. The summed E-state index contributed by atoms with van der Waals surface area (Å²) in [6.07, 6.45) is 3.89. The first-order valence-corrected chi connectivity index (χ1v) is 16.2. The number of amides is 3. The molecule has 2 aromatic heterocycles. The summed E-state index contributed by atoms with van der Waals surface area (Å²) >= 11 is 6.27. The molecule has 14 heteroatoms. The number of carbonyl (C=O) groups is 3. The van der Waals surface area contributed by atoms with Crippen molar-refractivity contribution >= 4 is 51.9 Å². The molecule has 7 rings (SSSR count). The van der Waals surface area contributed by atoms with Crippen LogP contribution in [0.4, 0.5) is 20.4 Å². The molecular formula is C36H35ClF2N8O3. The van der Waals surface area contributed by atoms with Gasteiger partial charge in [0.15, 0.2) is 11.5 Å². The van der Waals surface area contributed by atoms with E-state index in [9.17, 15) is 18.8 Å². The minimum Gasteiger partial charge on any atom is -0.364 e. The Morgan fingerprint density at radius 1 is 0.960 bits per heavy atom.